The zero-order valence-corrected chi connectivity index (χ0v) is 14.9. The van der Waals surface area contributed by atoms with Crippen LogP contribution in [0.5, 0.6) is 0 Å². The van der Waals surface area contributed by atoms with Gasteiger partial charge in [-0.25, -0.2) is 0 Å². The highest BCUT2D eigenvalue weighted by Gasteiger charge is 2.28. The Morgan fingerprint density at radius 2 is 2.31 bits per heavy atom. The molecule has 2 N–H and O–H groups in total. The number of carbonyl (C=O) groups is 1. The van der Waals surface area contributed by atoms with Crippen molar-refractivity contribution in [3.8, 4) is 11.4 Å². The highest BCUT2D eigenvalue weighted by molar-refractivity contribution is 5.78. The molecule has 8 heteroatoms. The van der Waals surface area contributed by atoms with E-state index in [1.165, 1.54) is 0 Å². The van der Waals surface area contributed by atoms with Crippen molar-refractivity contribution < 1.29 is 14.1 Å². The second-order valence-electron chi connectivity index (χ2n) is 6.80. The van der Waals surface area contributed by atoms with Crippen LogP contribution in [0.15, 0.2) is 10.7 Å². The van der Waals surface area contributed by atoms with Gasteiger partial charge in [-0.05, 0) is 43.7 Å². The molecule has 1 atom stereocenters. The van der Waals surface area contributed by atoms with Crippen molar-refractivity contribution >= 4 is 5.91 Å². The first-order chi connectivity index (χ1) is 12.7. The Kier molecular flexibility index (Phi) is 4.69. The average Bonchev–Trinajstić information content (AvgIpc) is 3.17. The second-order valence-corrected chi connectivity index (χ2v) is 6.80. The zero-order valence-electron chi connectivity index (χ0n) is 14.9. The molecule has 0 aliphatic carbocycles. The third-order valence-corrected chi connectivity index (χ3v) is 5.11. The van der Waals surface area contributed by atoms with Gasteiger partial charge in [0, 0.05) is 37.2 Å². The summed E-state index contributed by atoms with van der Waals surface area (Å²) in [7, 11) is 0. The van der Waals surface area contributed by atoms with Crippen LogP contribution in [0.2, 0.25) is 0 Å². The van der Waals surface area contributed by atoms with Gasteiger partial charge in [0.25, 0.3) is 5.89 Å². The number of rotatable bonds is 3. The molecule has 0 bridgehead atoms. The Morgan fingerprint density at radius 1 is 1.42 bits per heavy atom. The van der Waals surface area contributed by atoms with Crippen LogP contribution in [-0.4, -0.2) is 45.6 Å². The topological polar surface area (TPSA) is 107 Å². The number of aryl methyl sites for hydroxylation is 1. The molecule has 1 amide bonds. The maximum Gasteiger partial charge on any atom is 0.256 e. The molecule has 0 aromatic carbocycles. The van der Waals surface area contributed by atoms with Crippen molar-refractivity contribution in [1.82, 2.24) is 20.0 Å². The number of hydrogen-bond acceptors (Lipinski definition) is 7. The zero-order chi connectivity index (χ0) is 18.1. The Balaban J connectivity index is 1.65. The van der Waals surface area contributed by atoms with Crippen LogP contribution < -0.4 is 5.73 Å². The van der Waals surface area contributed by atoms with E-state index in [0.29, 0.717) is 24.8 Å². The van der Waals surface area contributed by atoms with E-state index in [1.807, 2.05) is 13.1 Å². The molecule has 2 aliphatic rings. The molecule has 4 rings (SSSR count). The number of fused-ring (bicyclic) bond motifs is 1. The average molecular weight is 357 g/mol. The largest absolute Gasteiger partial charge is 0.368 e. The number of amides is 1. The molecule has 8 nitrogen and oxygen atoms in total. The van der Waals surface area contributed by atoms with Crippen LogP contribution in [0.25, 0.3) is 11.4 Å². The molecule has 0 saturated carbocycles. The second kappa shape index (κ2) is 7.13. The first kappa shape index (κ1) is 17.1. The lowest BCUT2D eigenvalue weighted by molar-refractivity contribution is -0.130. The summed E-state index contributed by atoms with van der Waals surface area (Å²) in [5, 5.41) is 4.19. The number of nitrogens with two attached hydrogens (primary N) is 1. The molecule has 26 heavy (non-hydrogen) atoms. The third-order valence-electron chi connectivity index (χ3n) is 5.11. The van der Waals surface area contributed by atoms with Crippen molar-refractivity contribution in [2.24, 2.45) is 5.73 Å². The summed E-state index contributed by atoms with van der Waals surface area (Å²) < 4.78 is 11.2. The smallest absolute Gasteiger partial charge is 0.256 e. The van der Waals surface area contributed by atoms with Gasteiger partial charge in [-0.2, -0.15) is 4.98 Å². The third kappa shape index (κ3) is 3.10. The molecular formula is C18H23N5O3. The van der Waals surface area contributed by atoms with Gasteiger partial charge < -0.3 is 19.9 Å². The summed E-state index contributed by atoms with van der Waals surface area (Å²) in [6.07, 6.45) is 5.52. The van der Waals surface area contributed by atoms with Crippen LogP contribution in [0.4, 0.5) is 0 Å². The van der Waals surface area contributed by atoms with Crippen molar-refractivity contribution in [2.45, 2.75) is 45.3 Å². The number of carbonyl (C=O) groups excluding carboxylic acids is 1. The summed E-state index contributed by atoms with van der Waals surface area (Å²) in [6, 6.07) is 0. The minimum Gasteiger partial charge on any atom is -0.368 e. The maximum absolute atomic E-state index is 11.9. The van der Waals surface area contributed by atoms with Gasteiger partial charge in [0.1, 0.15) is 6.10 Å². The van der Waals surface area contributed by atoms with Gasteiger partial charge in [-0.3, -0.25) is 9.78 Å². The number of pyridine rings is 1. The first-order valence-corrected chi connectivity index (χ1v) is 9.08. The number of ether oxygens (including phenoxy) is 1. The molecule has 2 aromatic rings. The molecule has 1 fully saturated rings. The molecule has 0 radical (unpaired) electrons. The van der Waals surface area contributed by atoms with Gasteiger partial charge in [0.2, 0.25) is 11.7 Å². The van der Waals surface area contributed by atoms with Crippen LogP contribution >= 0.6 is 0 Å². The van der Waals surface area contributed by atoms with Crippen molar-refractivity contribution in [1.29, 1.82) is 0 Å². The van der Waals surface area contributed by atoms with Crippen LogP contribution in [0.3, 0.4) is 0 Å². The van der Waals surface area contributed by atoms with Gasteiger partial charge in [0.05, 0.1) is 6.54 Å². The first-order valence-electron chi connectivity index (χ1n) is 9.08. The highest BCUT2D eigenvalue weighted by atomic mass is 16.5. The van der Waals surface area contributed by atoms with Gasteiger partial charge in [-0.1, -0.05) is 5.16 Å². The van der Waals surface area contributed by atoms with Gasteiger partial charge in [-0.15, -0.1) is 0 Å². The predicted molar refractivity (Wildman–Crippen MR) is 93.0 cm³/mol. The number of hydrogen-bond donors (Lipinski definition) is 1. The lowest BCUT2D eigenvalue weighted by Gasteiger charge is -2.29. The molecule has 2 aromatic heterocycles. The van der Waals surface area contributed by atoms with Crippen molar-refractivity contribution in [3.05, 3.63) is 28.9 Å². The molecular weight excluding hydrogens is 334 g/mol. The number of nitrogens with zero attached hydrogens (tertiary/aromatic N) is 4. The van der Waals surface area contributed by atoms with E-state index in [4.69, 9.17) is 15.0 Å². The molecule has 1 unspecified atom stereocenters. The quantitative estimate of drug-likeness (QED) is 0.887. The fourth-order valence-electron chi connectivity index (χ4n) is 3.69. The Morgan fingerprint density at radius 3 is 3.08 bits per heavy atom. The molecule has 1 saturated heterocycles. The summed E-state index contributed by atoms with van der Waals surface area (Å²) >= 11 is 0. The van der Waals surface area contributed by atoms with Crippen LogP contribution in [-0.2, 0) is 22.5 Å². The van der Waals surface area contributed by atoms with E-state index in [0.717, 1.165) is 54.7 Å². The highest BCUT2D eigenvalue weighted by Crippen LogP contribution is 2.33. The van der Waals surface area contributed by atoms with E-state index >= 15 is 0 Å². The van der Waals surface area contributed by atoms with E-state index in [2.05, 4.69) is 15.1 Å². The predicted octanol–water partition coefficient (Wildman–Crippen LogP) is 1.53. The van der Waals surface area contributed by atoms with Crippen LogP contribution in [0.1, 0.15) is 48.1 Å². The van der Waals surface area contributed by atoms with Crippen molar-refractivity contribution in [2.75, 3.05) is 19.7 Å². The standard InChI is InChI=1S/C18H23N5O3/c1-11-16(17-21-18(26-22-17)14-4-2-3-7-25-14)13-5-6-23(15(24)8-19)10-12(13)9-20-11/h9,14H,2-8,10,19H2,1H3. The Hall–Kier alpha value is -2.32. The normalized spacial score (nSPS) is 20.1. The maximum atomic E-state index is 11.9. The van der Waals surface area contributed by atoms with Gasteiger partial charge >= 0.3 is 0 Å². The fraction of sp³-hybridized carbons (Fsp3) is 0.556. The SMILES string of the molecule is Cc1ncc2c(c1-c1noc(C3CCCCO3)n1)CCN(C(=O)CN)C2. The van der Waals surface area contributed by atoms with Crippen molar-refractivity contribution in [3.63, 3.8) is 0 Å². The summed E-state index contributed by atoms with van der Waals surface area (Å²) in [6.45, 7) is 3.85. The Bertz CT molecular complexity index is 813. The van der Waals surface area contributed by atoms with Crippen LogP contribution in [0, 0.1) is 6.92 Å². The van der Waals surface area contributed by atoms with E-state index in [-0.39, 0.29) is 18.6 Å². The van der Waals surface area contributed by atoms with E-state index in [1.54, 1.807) is 4.90 Å². The lowest BCUT2D eigenvalue weighted by atomic mass is 9.94. The molecule has 0 spiro atoms. The van der Waals surface area contributed by atoms with E-state index in [9.17, 15) is 4.79 Å². The molecule has 4 heterocycles. The summed E-state index contributed by atoms with van der Waals surface area (Å²) in [5.41, 5.74) is 9.41. The summed E-state index contributed by atoms with van der Waals surface area (Å²) in [5.74, 6) is 1.04. The van der Waals surface area contributed by atoms with E-state index < -0.39 is 0 Å². The molecule has 138 valence electrons. The minimum atomic E-state index is -0.115. The molecule has 2 aliphatic heterocycles. The Labute approximate surface area is 151 Å². The minimum absolute atomic E-state index is 0.0249. The fourth-order valence-corrected chi connectivity index (χ4v) is 3.69. The monoisotopic (exact) mass is 357 g/mol. The lowest BCUT2D eigenvalue weighted by Crippen LogP contribution is -2.39. The number of aromatic nitrogens is 3. The summed E-state index contributed by atoms with van der Waals surface area (Å²) in [4.78, 5) is 22.8. The van der Waals surface area contributed by atoms with Gasteiger partial charge in [0.15, 0.2) is 0 Å².